The van der Waals surface area contributed by atoms with E-state index in [0.717, 1.165) is 11.3 Å². The lowest BCUT2D eigenvalue weighted by molar-refractivity contribution is -0.139. The highest BCUT2D eigenvalue weighted by molar-refractivity contribution is 5.78. The Hall–Kier alpha value is -2.18. The lowest BCUT2D eigenvalue weighted by Gasteiger charge is -2.33. The van der Waals surface area contributed by atoms with E-state index in [2.05, 4.69) is 9.88 Å². The maximum absolute atomic E-state index is 12.7. The zero-order chi connectivity index (χ0) is 16.8. The van der Waals surface area contributed by atoms with Crippen LogP contribution in [-0.2, 0) is 22.6 Å². The average molecular weight is 329 g/mol. The van der Waals surface area contributed by atoms with E-state index >= 15 is 0 Å². The SMILES string of the molecule is CC1CN(C(=O)CN(Cc2cccnc2)Cc2ccco2)CCO1. The van der Waals surface area contributed by atoms with Crippen molar-refractivity contribution in [1.29, 1.82) is 0 Å². The van der Waals surface area contributed by atoms with Gasteiger partial charge in [-0.3, -0.25) is 14.7 Å². The minimum atomic E-state index is 0.0968. The highest BCUT2D eigenvalue weighted by Gasteiger charge is 2.23. The van der Waals surface area contributed by atoms with Gasteiger partial charge in [0.05, 0.1) is 32.1 Å². The van der Waals surface area contributed by atoms with Crippen LogP contribution < -0.4 is 0 Å². The summed E-state index contributed by atoms with van der Waals surface area (Å²) in [6.45, 7) is 5.50. The Morgan fingerprint density at radius 3 is 3.00 bits per heavy atom. The Labute approximate surface area is 142 Å². The van der Waals surface area contributed by atoms with Gasteiger partial charge < -0.3 is 14.1 Å². The number of carbonyl (C=O) groups excluding carboxylic acids is 1. The molecule has 1 amide bonds. The van der Waals surface area contributed by atoms with Gasteiger partial charge in [-0.05, 0) is 30.7 Å². The van der Waals surface area contributed by atoms with E-state index in [9.17, 15) is 4.79 Å². The van der Waals surface area contributed by atoms with E-state index in [1.807, 2.05) is 42.3 Å². The van der Waals surface area contributed by atoms with Crippen molar-refractivity contribution in [3.05, 3.63) is 54.2 Å². The molecule has 6 nitrogen and oxygen atoms in total. The molecule has 0 bridgehead atoms. The number of carbonyl (C=O) groups is 1. The monoisotopic (exact) mass is 329 g/mol. The molecule has 3 heterocycles. The Balaban J connectivity index is 1.65. The average Bonchev–Trinajstić information content (AvgIpc) is 3.08. The van der Waals surface area contributed by atoms with E-state index in [0.29, 0.717) is 39.3 Å². The summed E-state index contributed by atoms with van der Waals surface area (Å²) in [4.78, 5) is 20.8. The molecule has 1 saturated heterocycles. The van der Waals surface area contributed by atoms with Crippen molar-refractivity contribution in [2.75, 3.05) is 26.2 Å². The summed E-state index contributed by atoms with van der Waals surface area (Å²) in [6.07, 6.45) is 5.33. The van der Waals surface area contributed by atoms with E-state index in [-0.39, 0.29) is 12.0 Å². The third-order valence-corrected chi connectivity index (χ3v) is 4.04. The number of furan rings is 1. The molecule has 3 rings (SSSR count). The normalized spacial score (nSPS) is 18.1. The van der Waals surface area contributed by atoms with E-state index in [1.165, 1.54) is 0 Å². The summed E-state index contributed by atoms with van der Waals surface area (Å²) in [6, 6.07) is 7.72. The van der Waals surface area contributed by atoms with Crippen molar-refractivity contribution in [1.82, 2.24) is 14.8 Å². The first-order valence-electron chi connectivity index (χ1n) is 8.24. The maximum atomic E-state index is 12.7. The van der Waals surface area contributed by atoms with E-state index in [1.54, 1.807) is 12.5 Å². The van der Waals surface area contributed by atoms with Gasteiger partial charge >= 0.3 is 0 Å². The molecule has 2 aromatic rings. The predicted octanol–water partition coefficient (Wildman–Crippen LogP) is 1.92. The molecule has 1 unspecified atom stereocenters. The number of ether oxygens (including phenoxy) is 1. The molecule has 0 spiro atoms. The van der Waals surface area contributed by atoms with E-state index in [4.69, 9.17) is 9.15 Å². The molecular formula is C18H23N3O3. The molecule has 0 saturated carbocycles. The van der Waals surface area contributed by atoms with Gasteiger partial charge in [0, 0.05) is 32.0 Å². The lowest BCUT2D eigenvalue weighted by Crippen LogP contribution is -2.48. The van der Waals surface area contributed by atoms with Crippen LogP contribution in [0.4, 0.5) is 0 Å². The summed E-state index contributed by atoms with van der Waals surface area (Å²) >= 11 is 0. The molecule has 128 valence electrons. The summed E-state index contributed by atoms with van der Waals surface area (Å²) in [5, 5.41) is 0. The lowest BCUT2D eigenvalue weighted by atomic mass is 10.2. The quantitative estimate of drug-likeness (QED) is 0.810. The maximum Gasteiger partial charge on any atom is 0.236 e. The fraction of sp³-hybridized carbons (Fsp3) is 0.444. The minimum Gasteiger partial charge on any atom is -0.468 e. The van der Waals surface area contributed by atoms with Crippen molar-refractivity contribution < 1.29 is 13.9 Å². The summed E-state index contributed by atoms with van der Waals surface area (Å²) in [5.41, 5.74) is 1.08. The Morgan fingerprint density at radius 1 is 1.38 bits per heavy atom. The molecule has 1 fully saturated rings. The zero-order valence-electron chi connectivity index (χ0n) is 13.9. The molecule has 0 aromatic carbocycles. The van der Waals surface area contributed by atoms with Gasteiger partial charge in [0.15, 0.2) is 0 Å². The Bertz CT molecular complexity index is 630. The second-order valence-electron chi connectivity index (χ2n) is 6.11. The third-order valence-electron chi connectivity index (χ3n) is 4.04. The predicted molar refractivity (Wildman–Crippen MR) is 89.1 cm³/mol. The summed E-state index contributed by atoms with van der Waals surface area (Å²) in [5.74, 6) is 0.975. The summed E-state index contributed by atoms with van der Waals surface area (Å²) in [7, 11) is 0. The Kier molecular flexibility index (Phi) is 5.61. The van der Waals surface area contributed by atoms with Crippen molar-refractivity contribution in [2.45, 2.75) is 26.1 Å². The smallest absolute Gasteiger partial charge is 0.236 e. The van der Waals surface area contributed by atoms with Crippen molar-refractivity contribution >= 4 is 5.91 Å². The van der Waals surface area contributed by atoms with Crippen LogP contribution in [-0.4, -0.2) is 53.0 Å². The van der Waals surface area contributed by atoms with Crippen LogP contribution in [0.2, 0.25) is 0 Å². The van der Waals surface area contributed by atoms with Gasteiger partial charge in [-0.1, -0.05) is 6.07 Å². The molecule has 1 atom stereocenters. The number of aromatic nitrogens is 1. The second kappa shape index (κ2) is 8.08. The minimum absolute atomic E-state index is 0.0968. The highest BCUT2D eigenvalue weighted by atomic mass is 16.5. The van der Waals surface area contributed by atoms with Crippen LogP contribution in [0.3, 0.4) is 0 Å². The third kappa shape index (κ3) is 4.66. The first-order valence-corrected chi connectivity index (χ1v) is 8.24. The second-order valence-corrected chi connectivity index (χ2v) is 6.11. The van der Waals surface area contributed by atoms with Gasteiger partial charge in [0.2, 0.25) is 5.91 Å². The number of hydrogen-bond acceptors (Lipinski definition) is 5. The molecule has 1 aliphatic heterocycles. The van der Waals surface area contributed by atoms with Crippen LogP contribution >= 0.6 is 0 Å². The number of amides is 1. The van der Waals surface area contributed by atoms with Crippen LogP contribution in [0.5, 0.6) is 0 Å². The topological polar surface area (TPSA) is 58.8 Å². The van der Waals surface area contributed by atoms with Gasteiger partial charge in [0.1, 0.15) is 5.76 Å². The van der Waals surface area contributed by atoms with Crippen molar-refractivity contribution in [3.8, 4) is 0 Å². The van der Waals surface area contributed by atoms with Crippen molar-refractivity contribution in [3.63, 3.8) is 0 Å². The first kappa shape index (κ1) is 16.7. The van der Waals surface area contributed by atoms with Crippen LogP contribution in [0.1, 0.15) is 18.2 Å². The number of nitrogens with zero attached hydrogens (tertiary/aromatic N) is 3. The first-order chi connectivity index (χ1) is 11.7. The standard InChI is InChI=1S/C18H23N3O3/c1-15-11-21(7-9-23-15)18(22)14-20(13-17-5-3-8-24-17)12-16-4-2-6-19-10-16/h2-6,8,10,15H,7,9,11-14H2,1H3. The fourth-order valence-electron chi connectivity index (χ4n) is 2.88. The number of morpholine rings is 1. The summed E-state index contributed by atoms with van der Waals surface area (Å²) < 4.78 is 11.0. The largest absolute Gasteiger partial charge is 0.468 e. The fourth-order valence-corrected chi connectivity index (χ4v) is 2.88. The number of hydrogen-bond donors (Lipinski definition) is 0. The van der Waals surface area contributed by atoms with Crippen LogP contribution in [0, 0.1) is 0 Å². The number of pyridine rings is 1. The van der Waals surface area contributed by atoms with Crippen molar-refractivity contribution in [2.24, 2.45) is 0 Å². The number of rotatable bonds is 6. The molecule has 0 N–H and O–H groups in total. The van der Waals surface area contributed by atoms with Gasteiger partial charge in [-0.15, -0.1) is 0 Å². The highest BCUT2D eigenvalue weighted by Crippen LogP contribution is 2.12. The molecule has 0 radical (unpaired) electrons. The molecular weight excluding hydrogens is 306 g/mol. The molecule has 1 aliphatic rings. The van der Waals surface area contributed by atoms with Gasteiger partial charge in [-0.2, -0.15) is 0 Å². The Morgan fingerprint density at radius 2 is 2.29 bits per heavy atom. The van der Waals surface area contributed by atoms with Gasteiger partial charge in [-0.25, -0.2) is 0 Å². The zero-order valence-corrected chi connectivity index (χ0v) is 13.9. The van der Waals surface area contributed by atoms with Crippen LogP contribution in [0.25, 0.3) is 0 Å². The molecule has 2 aromatic heterocycles. The molecule has 0 aliphatic carbocycles. The van der Waals surface area contributed by atoms with E-state index < -0.39 is 0 Å². The molecule has 24 heavy (non-hydrogen) atoms. The van der Waals surface area contributed by atoms with Crippen LogP contribution in [0.15, 0.2) is 47.3 Å². The molecule has 6 heteroatoms. The van der Waals surface area contributed by atoms with Gasteiger partial charge in [0.25, 0.3) is 0 Å².